The lowest BCUT2D eigenvalue weighted by Crippen LogP contribution is -2.34. The maximum atomic E-state index is 10.0. The number of benzene rings is 1. The molecule has 1 aromatic rings. The van der Waals surface area contributed by atoms with Gasteiger partial charge in [0.2, 0.25) is 0 Å². The summed E-state index contributed by atoms with van der Waals surface area (Å²) in [6.07, 6.45) is 1.44. The minimum atomic E-state index is -0.553. The molecule has 1 aliphatic rings. The fraction of sp³-hybridized carbons (Fsp3) is 0.625. The van der Waals surface area contributed by atoms with E-state index in [2.05, 4.69) is 5.32 Å². The second kappa shape index (κ2) is 9.06. The Morgan fingerprint density at radius 2 is 2.09 bits per heavy atom. The second-order valence-electron chi connectivity index (χ2n) is 5.57. The number of halogens is 2. The molecule has 1 fully saturated rings. The molecular formula is C16H23Cl2NO3. The van der Waals surface area contributed by atoms with Gasteiger partial charge in [-0.3, -0.25) is 0 Å². The molecule has 0 amide bonds. The van der Waals surface area contributed by atoms with Gasteiger partial charge in [0, 0.05) is 25.8 Å². The topological polar surface area (TPSA) is 50.7 Å². The highest BCUT2D eigenvalue weighted by Crippen LogP contribution is 2.29. The van der Waals surface area contributed by atoms with E-state index in [9.17, 15) is 5.11 Å². The lowest BCUT2D eigenvalue weighted by atomic mass is 10.1. The van der Waals surface area contributed by atoms with Crippen LogP contribution in [0.25, 0.3) is 0 Å². The van der Waals surface area contributed by atoms with Crippen LogP contribution in [0.4, 0.5) is 0 Å². The van der Waals surface area contributed by atoms with E-state index in [0.29, 0.717) is 23.2 Å². The van der Waals surface area contributed by atoms with Crippen molar-refractivity contribution >= 4 is 23.2 Å². The molecule has 4 nitrogen and oxygen atoms in total. The second-order valence-corrected chi connectivity index (χ2v) is 6.36. The van der Waals surface area contributed by atoms with Crippen LogP contribution in [-0.4, -0.2) is 43.7 Å². The van der Waals surface area contributed by atoms with Gasteiger partial charge < -0.3 is 19.9 Å². The van der Waals surface area contributed by atoms with E-state index in [-0.39, 0.29) is 12.1 Å². The molecule has 0 radical (unpaired) electrons. The van der Waals surface area contributed by atoms with Gasteiger partial charge in [0.05, 0.1) is 28.9 Å². The third-order valence-corrected chi connectivity index (χ3v) is 4.63. The first kappa shape index (κ1) is 18.0. The summed E-state index contributed by atoms with van der Waals surface area (Å²) in [6.45, 7) is 4.23. The highest BCUT2D eigenvalue weighted by Gasteiger charge is 2.17. The fourth-order valence-electron chi connectivity index (χ4n) is 2.43. The van der Waals surface area contributed by atoms with Crippen LogP contribution in [-0.2, 0) is 9.47 Å². The quantitative estimate of drug-likeness (QED) is 0.795. The Morgan fingerprint density at radius 1 is 1.36 bits per heavy atom. The molecule has 0 spiro atoms. The van der Waals surface area contributed by atoms with Crippen molar-refractivity contribution in [3.8, 4) is 0 Å². The Kier molecular flexibility index (Phi) is 7.41. The van der Waals surface area contributed by atoms with Crippen LogP contribution in [0.15, 0.2) is 18.2 Å². The van der Waals surface area contributed by atoms with Crippen molar-refractivity contribution in [1.29, 1.82) is 0 Å². The first-order valence-corrected chi connectivity index (χ1v) is 8.38. The van der Waals surface area contributed by atoms with Crippen molar-refractivity contribution in [2.24, 2.45) is 0 Å². The van der Waals surface area contributed by atoms with E-state index in [1.165, 1.54) is 0 Å². The third kappa shape index (κ3) is 5.37. The van der Waals surface area contributed by atoms with Crippen molar-refractivity contribution in [1.82, 2.24) is 5.32 Å². The van der Waals surface area contributed by atoms with E-state index < -0.39 is 6.10 Å². The van der Waals surface area contributed by atoms with Crippen LogP contribution < -0.4 is 5.32 Å². The van der Waals surface area contributed by atoms with Crippen LogP contribution in [0.2, 0.25) is 10.0 Å². The highest BCUT2D eigenvalue weighted by atomic mass is 35.5. The number of hydrogen-bond donors (Lipinski definition) is 2. The first-order valence-electron chi connectivity index (χ1n) is 7.62. The molecule has 0 bridgehead atoms. The molecule has 1 aromatic carbocycles. The minimum absolute atomic E-state index is 0.00364. The van der Waals surface area contributed by atoms with Crippen molar-refractivity contribution in [3.05, 3.63) is 33.8 Å². The van der Waals surface area contributed by atoms with Gasteiger partial charge in [0.25, 0.3) is 0 Å². The van der Waals surface area contributed by atoms with Crippen molar-refractivity contribution in [2.75, 3.05) is 26.4 Å². The molecule has 124 valence electrons. The summed E-state index contributed by atoms with van der Waals surface area (Å²) in [5.74, 6) is 0. The Balaban J connectivity index is 1.73. The van der Waals surface area contributed by atoms with E-state index >= 15 is 0 Å². The van der Waals surface area contributed by atoms with Crippen molar-refractivity contribution in [3.63, 3.8) is 0 Å². The monoisotopic (exact) mass is 347 g/mol. The van der Waals surface area contributed by atoms with Gasteiger partial charge in [-0.1, -0.05) is 35.3 Å². The smallest absolute Gasteiger partial charge is 0.0898 e. The van der Waals surface area contributed by atoms with Crippen LogP contribution in [0, 0.1) is 0 Å². The van der Waals surface area contributed by atoms with Gasteiger partial charge in [0.15, 0.2) is 0 Å². The fourth-order valence-corrected chi connectivity index (χ4v) is 2.90. The molecule has 1 saturated heterocycles. The SMILES string of the molecule is CC(NCC(O)COC1CCOCC1)c1cccc(Cl)c1Cl. The minimum Gasteiger partial charge on any atom is -0.389 e. The third-order valence-electron chi connectivity index (χ3n) is 3.80. The van der Waals surface area contributed by atoms with Crippen LogP contribution in [0.5, 0.6) is 0 Å². The lowest BCUT2D eigenvalue weighted by Gasteiger charge is -2.24. The van der Waals surface area contributed by atoms with E-state index in [4.69, 9.17) is 32.7 Å². The maximum Gasteiger partial charge on any atom is 0.0898 e. The van der Waals surface area contributed by atoms with Gasteiger partial charge in [-0.15, -0.1) is 0 Å². The first-order chi connectivity index (χ1) is 10.6. The van der Waals surface area contributed by atoms with Gasteiger partial charge in [-0.25, -0.2) is 0 Å². The predicted molar refractivity (Wildman–Crippen MR) is 88.7 cm³/mol. The molecule has 6 heteroatoms. The zero-order valence-electron chi connectivity index (χ0n) is 12.7. The summed E-state index contributed by atoms with van der Waals surface area (Å²) in [5, 5.41) is 14.4. The number of rotatable bonds is 7. The van der Waals surface area contributed by atoms with E-state index in [1.54, 1.807) is 6.07 Å². The Hall–Kier alpha value is -0.360. The van der Waals surface area contributed by atoms with Crippen LogP contribution in [0.3, 0.4) is 0 Å². The number of ether oxygens (including phenoxy) is 2. The largest absolute Gasteiger partial charge is 0.389 e. The summed E-state index contributed by atoms with van der Waals surface area (Å²) in [5.41, 5.74) is 0.923. The molecule has 0 aliphatic carbocycles. The molecule has 1 heterocycles. The molecule has 0 saturated carbocycles. The summed E-state index contributed by atoms with van der Waals surface area (Å²) in [6, 6.07) is 5.56. The maximum absolute atomic E-state index is 10.0. The standard InChI is InChI=1S/C16H23Cl2NO3/c1-11(14-3-2-4-15(17)16(14)18)19-9-12(20)10-22-13-5-7-21-8-6-13/h2-4,11-13,19-20H,5-10H2,1H3. The van der Waals surface area contributed by atoms with Gasteiger partial charge in [0.1, 0.15) is 0 Å². The molecule has 2 N–H and O–H groups in total. The van der Waals surface area contributed by atoms with Gasteiger partial charge >= 0.3 is 0 Å². The number of aliphatic hydroxyl groups excluding tert-OH is 1. The Bertz CT molecular complexity index is 467. The summed E-state index contributed by atoms with van der Waals surface area (Å²) < 4.78 is 11.0. The lowest BCUT2D eigenvalue weighted by molar-refractivity contribution is -0.0588. The number of nitrogens with one attached hydrogen (secondary N) is 1. The molecule has 2 unspecified atom stereocenters. The van der Waals surface area contributed by atoms with Crippen LogP contribution in [0.1, 0.15) is 31.4 Å². The molecule has 1 aliphatic heterocycles. The van der Waals surface area contributed by atoms with E-state index in [1.807, 2.05) is 19.1 Å². The highest BCUT2D eigenvalue weighted by molar-refractivity contribution is 6.42. The molecule has 22 heavy (non-hydrogen) atoms. The van der Waals surface area contributed by atoms with Gasteiger partial charge in [-0.05, 0) is 31.4 Å². The van der Waals surface area contributed by atoms with Gasteiger partial charge in [-0.2, -0.15) is 0 Å². The zero-order valence-corrected chi connectivity index (χ0v) is 14.2. The van der Waals surface area contributed by atoms with Crippen molar-refractivity contribution < 1.29 is 14.6 Å². The average Bonchev–Trinajstić information content (AvgIpc) is 2.54. The normalized spacial score (nSPS) is 19.1. The number of hydrogen-bond acceptors (Lipinski definition) is 4. The zero-order chi connectivity index (χ0) is 15.9. The summed E-state index contributed by atoms with van der Waals surface area (Å²) in [4.78, 5) is 0. The molecule has 2 rings (SSSR count). The molecular weight excluding hydrogens is 325 g/mol. The predicted octanol–water partition coefficient (Wildman–Crippen LogP) is 3.20. The number of aliphatic hydroxyl groups is 1. The Morgan fingerprint density at radius 3 is 2.82 bits per heavy atom. The Labute approximate surface area is 141 Å². The van der Waals surface area contributed by atoms with Crippen molar-refractivity contribution in [2.45, 2.75) is 38.0 Å². The molecule has 2 atom stereocenters. The molecule has 0 aromatic heterocycles. The summed E-state index contributed by atoms with van der Waals surface area (Å²) in [7, 11) is 0. The van der Waals surface area contributed by atoms with E-state index in [0.717, 1.165) is 31.6 Å². The van der Waals surface area contributed by atoms with Crippen LogP contribution >= 0.6 is 23.2 Å². The average molecular weight is 348 g/mol. The summed E-state index contributed by atoms with van der Waals surface area (Å²) >= 11 is 12.2.